The topological polar surface area (TPSA) is 92.8 Å². The van der Waals surface area contributed by atoms with Gasteiger partial charge in [-0.15, -0.1) is 10.2 Å². The third kappa shape index (κ3) is 1.61. The number of aryl methyl sites for hydroxylation is 1. The van der Waals surface area contributed by atoms with Crippen LogP contribution in [0, 0.1) is 6.92 Å². The summed E-state index contributed by atoms with van der Waals surface area (Å²) >= 11 is 0. The van der Waals surface area contributed by atoms with Crippen LogP contribution in [0.15, 0.2) is 16.7 Å². The minimum Gasteiger partial charge on any atom is -0.467 e. The number of nitrogens with one attached hydrogen (secondary N) is 2. The van der Waals surface area contributed by atoms with Crippen LogP contribution in [0.5, 0.6) is 0 Å². The van der Waals surface area contributed by atoms with Crippen LogP contribution < -0.4 is 11.1 Å². The number of hydrogen-bond donors (Lipinski definition) is 3. The van der Waals surface area contributed by atoms with E-state index in [9.17, 15) is 0 Å². The third-order valence-corrected chi connectivity index (χ3v) is 1.50. The molecule has 2 rings (SSSR count). The van der Waals surface area contributed by atoms with E-state index in [-0.39, 0.29) is 5.95 Å². The first kappa shape index (κ1) is 7.66. The molecule has 0 atom stereocenters. The molecule has 4 N–H and O–H groups in total. The molecule has 0 saturated carbocycles. The number of hydrogen-bond acceptors (Lipinski definition) is 5. The van der Waals surface area contributed by atoms with E-state index in [0.29, 0.717) is 5.95 Å². The van der Waals surface area contributed by atoms with Gasteiger partial charge in [0.25, 0.3) is 0 Å². The number of nitrogen functional groups attached to an aromatic ring is 1. The average molecular weight is 179 g/mol. The molecular formula is C7H9N5O. The van der Waals surface area contributed by atoms with Gasteiger partial charge in [-0.25, -0.2) is 0 Å². The molecule has 0 radical (unpaired) electrons. The summed E-state index contributed by atoms with van der Waals surface area (Å²) in [4.78, 5) is 2.74. The van der Waals surface area contributed by atoms with Gasteiger partial charge in [-0.1, -0.05) is 0 Å². The van der Waals surface area contributed by atoms with Gasteiger partial charge in [0.2, 0.25) is 11.9 Å². The lowest BCUT2D eigenvalue weighted by Gasteiger charge is -1.94. The van der Waals surface area contributed by atoms with Crippen LogP contribution in [0.25, 0.3) is 0 Å². The molecule has 2 aromatic heterocycles. The van der Waals surface area contributed by atoms with Crippen molar-refractivity contribution in [3.63, 3.8) is 0 Å². The minimum absolute atomic E-state index is 0.280. The number of H-pyrrole nitrogens is 1. The van der Waals surface area contributed by atoms with E-state index in [2.05, 4.69) is 20.5 Å². The number of nitrogens with two attached hydrogens (primary N) is 1. The van der Waals surface area contributed by atoms with Crippen LogP contribution in [0.3, 0.4) is 0 Å². The number of nitrogens with zero attached hydrogens (tertiary/aromatic N) is 2. The Morgan fingerprint density at radius 3 is 2.92 bits per heavy atom. The molecule has 68 valence electrons. The second kappa shape index (κ2) is 2.81. The van der Waals surface area contributed by atoms with Crippen molar-refractivity contribution < 1.29 is 4.42 Å². The van der Waals surface area contributed by atoms with Gasteiger partial charge in [0.05, 0.1) is 5.69 Å². The highest BCUT2D eigenvalue weighted by atomic mass is 16.3. The van der Waals surface area contributed by atoms with Gasteiger partial charge in [-0.2, -0.15) is 0 Å². The number of aromatic amines is 1. The third-order valence-electron chi connectivity index (χ3n) is 1.50. The summed E-state index contributed by atoms with van der Waals surface area (Å²) < 4.78 is 5.09. The standard InChI is InChI=1S/C7H9N5O/c1-4-2-5(3-13-4)9-7-10-6(8)11-12-7/h2-3H,1H3,(H4,8,9,10,11,12). The van der Waals surface area contributed by atoms with E-state index in [1.165, 1.54) is 0 Å². The molecule has 0 unspecified atom stereocenters. The molecule has 2 heterocycles. The van der Waals surface area contributed by atoms with Crippen LogP contribution >= 0.6 is 0 Å². The summed E-state index contributed by atoms with van der Waals surface area (Å²) in [5.41, 5.74) is 6.16. The molecular weight excluding hydrogens is 170 g/mol. The summed E-state index contributed by atoms with van der Waals surface area (Å²) in [5, 5.41) is 10.3. The van der Waals surface area contributed by atoms with Gasteiger partial charge in [0.1, 0.15) is 12.0 Å². The predicted molar refractivity (Wildman–Crippen MR) is 47.5 cm³/mol. The van der Waals surface area contributed by atoms with Crippen molar-refractivity contribution in [2.45, 2.75) is 6.92 Å². The number of aromatic nitrogens is 3. The minimum atomic E-state index is 0.280. The summed E-state index contributed by atoms with van der Waals surface area (Å²) in [6.07, 6.45) is 1.59. The normalized spacial score (nSPS) is 10.2. The molecule has 6 nitrogen and oxygen atoms in total. The Balaban J connectivity index is 2.14. The molecule has 0 fully saturated rings. The highest BCUT2D eigenvalue weighted by molar-refractivity contribution is 5.52. The van der Waals surface area contributed by atoms with Crippen LogP contribution in [0.2, 0.25) is 0 Å². The molecule has 0 aliphatic heterocycles. The molecule has 2 aromatic rings. The Labute approximate surface area is 74.2 Å². The first-order valence-electron chi connectivity index (χ1n) is 3.74. The molecule has 0 aliphatic rings. The molecule has 0 spiro atoms. The van der Waals surface area contributed by atoms with Gasteiger partial charge >= 0.3 is 0 Å². The number of furan rings is 1. The fraction of sp³-hybridized carbons (Fsp3) is 0.143. The molecule has 0 aromatic carbocycles. The largest absolute Gasteiger partial charge is 0.467 e. The zero-order chi connectivity index (χ0) is 9.26. The van der Waals surface area contributed by atoms with Crippen LogP contribution in [-0.2, 0) is 0 Å². The van der Waals surface area contributed by atoms with E-state index in [4.69, 9.17) is 10.2 Å². The first-order valence-corrected chi connectivity index (χ1v) is 3.74. The quantitative estimate of drug-likeness (QED) is 0.640. The predicted octanol–water partition coefficient (Wildman–Crippen LogP) is 1.03. The Hall–Kier alpha value is -1.98. The number of rotatable bonds is 2. The van der Waals surface area contributed by atoms with Crippen molar-refractivity contribution in [1.29, 1.82) is 0 Å². The molecule has 0 bridgehead atoms. The van der Waals surface area contributed by atoms with E-state index in [1.54, 1.807) is 6.26 Å². The zero-order valence-electron chi connectivity index (χ0n) is 7.03. The lowest BCUT2D eigenvalue weighted by molar-refractivity contribution is 0.535. The highest BCUT2D eigenvalue weighted by Gasteiger charge is 2.01. The fourth-order valence-electron chi connectivity index (χ4n) is 0.977. The Morgan fingerprint density at radius 2 is 2.38 bits per heavy atom. The van der Waals surface area contributed by atoms with E-state index in [0.717, 1.165) is 11.4 Å². The van der Waals surface area contributed by atoms with Crippen molar-refractivity contribution in [2.75, 3.05) is 11.1 Å². The Kier molecular flexibility index (Phi) is 1.66. The van der Waals surface area contributed by atoms with Gasteiger partial charge < -0.3 is 15.5 Å². The van der Waals surface area contributed by atoms with E-state index < -0.39 is 0 Å². The first-order chi connectivity index (χ1) is 6.24. The fourth-order valence-corrected chi connectivity index (χ4v) is 0.977. The van der Waals surface area contributed by atoms with Gasteiger partial charge in [0, 0.05) is 6.07 Å². The van der Waals surface area contributed by atoms with Crippen molar-refractivity contribution in [3.8, 4) is 0 Å². The van der Waals surface area contributed by atoms with Crippen LogP contribution in [0.1, 0.15) is 5.76 Å². The maximum Gasteiger partial charge on any atom is 0.227 e. The van der Waals surface area contributed by atoms with Gasteiger partial charge in [-0.05, 0) is 6.92 Å². The summed E-state index contributed by atoms with van der Waals surface area (Å²) in [6, 6.07) is 1.85. The SMILES string of the molecule is Cc1cc(Nc2nnc(N)[nH]2)co1. The summed E-state index contributed by atoms with van der Waals surface area (Å²) in [7, 11) is 0. The lowest BCUT2D eigenvalue weighted by atomic mass is 10.4. The van der Waals surface area contributed by atoms with Gasteiger partial charge in [0.15, 0.2) is 0 Å². The van der Waals surface area contributed by atoms with Crippen LogP contribution in [-0.4, -0.2) is 15.2 Å². The smallest absolute Gasteiger partial charge is 0.227 e. The van der Waals surface area contributed by atoms with Crippen molar-refractivity contribution in [1.82, 2.24) is 15.2 Å². The average Bonchev–Trinajstić information content (AvgIpc) is 2.62. The monoisotopic (exact) mass is 179 g/mol. The summed E-state index contributed by atoms with van der Waals surface area (Å²) in [6.45, 7) is 1.86. The van der Waals surface area contributed by atoms with Crippen LogP contribution in [0.4, 0.5) is 17.6 Å². The molecule has 0 saturated heterocycles. The Bertz CT molecular complexity index is 366. The zero-order valence-corrected chi connectivity index (χ0v) is 7.03. The summed E-state index contributed by atoms with van der Waals surface area (Å²) in [5.74, 6) is 1.61. The van der Waals surface area contributed by atoms with Crippen molar-refractivity contribution in [3.05, 3.63) is 18.1 Å². The van der Waals surface area contributed by atoms with E-state index >= 15 is 0 Å². The maximum absolute atomic E-state index is 5.34. The molecule has 0 aliphatic carbocycles. The Morgan fingerprint density at radius 1 is 1.54 bits per heavy atom. The van der Waals surface area contributed by atoms with Gasteiger partial charge in [-0.3, -0.25) is 4.98 Å². The molecule has 13 heavy (non-hydrogen) atoms. The molecule has 6 heteroatoms. The van der Waals surface area contributed by atoms with E-state index in [1.807, 2.05) is 13.0 Å². The van der Waals surface area contributed by atoms with Crippen molar-refractivity contribution in [2.24, 2.45) is 0 Å². The van der Waals surface area contributed by atoms with Crippen molar-refractivity contribution >= 4 is 17.6 Å². The maximum atomic E-state index is 5.34. The number of anilines is 3. The second-order valence-corrected chi connectivity index (χ2v) is 2.63. The second-order valence-electron chi connectivity index (χ2n) is 2.63. The highest BCUT2D eigenvalue weighted by Crippen LogP contribution is 2.15. The molecule has 0 amide bonds. The lowest BCUT2D eigenvalue weighted by Crippen LogP contribution is -1.90.